The first-order valence-electron chi connectivity index (χ1n) is 13.6. The highest BCUT2D eigenvalue weighted by Gasteiger charge is 2.33. The number of carbonyl (C=O) groups excluding carboxylic acids is 2. The van der Waals surface area contributed by atoms with Gasteiger partial charge in [0.15, 0.2) is 0 Å². The Kier molecular flexibility index (Phi) is 11.1. The molecular weight excluding hydrogens is 526 g/mol. The van der Waals surface area contributed by atoms with E-state index in [1.807, 2.05) is 51.1 Å². The maximum absolute atomic E-state index is 14.0. The quantitative estimate of drug-likeness (QED) is 0.309. The molecule has 0 saturated heterocycles. The van der Waals surface area contributed by atoms with Gasteiger partial charge in [-0.05, 0) is 68.1 Å². The van der Waals surface area contributed by atoms with E-state index in [1.54, 1.807) is 36.4 Å². The van der Waals surface area contributed by atoms with Crippen LogP contribution < -0.4 is 14.4 Å². The predicted octanol–water partition coefficient (Wildman–Crippen LogP) is 4.58. The van der Waals surface area contributed by atoms with Crippen molar-refractivity contribution in [3.63, 3.8) is 0 Å². The third-order valence-electron chi connectivity index (χ3n) is 6.67. The highest BCUT2D eigenvalue weighted by molar-refractivity contribution is 7.92. The molecule has 8 nitrogen and oxygen atoms in total. The number of nitrogens with one attached hydrogen (secondary N) is 1. The zero-order valence-corrected chi connectivity index (χ0v) is 24.5. The fourth-order valence-corrected chi connectivity index (χ4v) is 5.79. The van der Waals surface area contributed by atoms with Crippen LogP contribution in [-0.2, 0) is 26.0 Å². The third-order valence-corrected chi connectivity index (χ3v) is 8.46. The molecule has 0 saturated carbocycles. The van der Waals surface area contributed by atoms with Crippen molar-refractivity contribution in [2.45, 2.75) is 51.0 Å². The molecule has 214 valence electrons. The first-order valence-corrected chi connectivity index (χ1v) is 15.0. The summed E-state index contributed by atoms with van der Waals surface area (Å²) in [4.78, 5) is 28.7. The van der Waals surface area contributed by atoms with Gasteiger partial charge >= 0.3 is 0 Å². The topological polar surface area (TPSA) is 96.0 Å². The molecule has 0 aliphatic heterocycles. The molecule has 0 aliphatic carbocycles. The van der Waals surface area contributed by atoms with Crippen molar-refractivity contribution >= 4 is 27.5 Å². The van der Waals surface area contributed by atoms with Crippen molar-refractivity contribution in [2.75, 3.05) is 31.0 Å². The van der Waals surface area contributed by atoms with E-state index in [4.69, 9.17) is 4.74 Å². The van der Waals surface area contributed by atoms with Crippen LogP contribution in [0.15, 0.2) is 83.8 Å². The number of nitrogens with zero attached hydrogens (tertiary/aromatic N) is 2. The number of hydrogen-bond donors (Lipinski definition) is 1. The molecule has 3 rings (SSSR count). The van der Waals surface area contributed by atoms with Crippen LogP contribution in [0.2, 0.25) is 0 Å². The molecule has 0 heterocycles. The fraction of sp³-hybridized carbons (Fsp3) is 0.355. The standard InChI is InChI=1S/C31H39N3O5S/c1-5-21-32-31(36)29(6-2)33(22-20-25-10-8-7-9-11-25)30(35)23-34(26-14-12-24(3)13-15-26)40(37,38)28-18-16-27(39-4)17-19-28/h7-19,29H,5-6,20-23H2,1-4H3,(H,32,36). The summed E-state index contributed by atoms with van der Waals surface area (Å²) in [5, 5.41) is 2.90. The van der Waals surface area contributed by atoms with Gasteiger partial charge in [0.2, 0.25) is 11.8 Å². The van der Waals surface area contributed by atoms with Crippen molar-refractivity contribution in [1.29, 1.82) is 0 Å². The molecule has 0 aliphatic rings. The van der Waals surface area contributed by atoms with Crippen LogP contribution in [-0.4, -0.2) is 57.9 Å². The van der Waals surface area contributed by atoms with Crippen molar-refractivity contribution in [3.8, 4) is 5.75 Å². The highest BCUT2D eigenvalue weighted by atomic mass is 32.2. The molecule has 0 spiro atoms. The molecule has 0 radical (unpaired) electrons. The molecular formula is C31H39N3O5S. The second-order valence-electron chi connectivity index (χ2n) is 9.56. The van der Waals surface area contributed by atoms with Crippen LogP contribution >= 0.6 is 0 Å². The normalized spacial score (nSPS) is 11.9. The number of rotatable bonds is 14. The summed E-state index contributed by atoms with van der Waals surface area (Å²) in [6.07, 6.45) is 1.69. The van der Waals surface area contributed by atoms with E-state index in [0.29, 0.717) is 30.8 Å². The summed E-state index contributed by atoms with van der Waals surface area (Å²) in [5.41, 5.74) is 2.34. The monoisotopic (exact) mass is 565 g/mol. The Balaban J connectivity index is 1.99. The zero-order chi connectivity index (χ0) is 29.1. The first-order chi connectivity index (χ1) is 19.2. The lowest BCUT2D eigenvalue weighted by Crippen LogP contribution is -2.53. The Morgan fingerprint density at radius 1 is 0.925 bits per heavy atom. The van der Waals surface area contributed by atoms with Crippen molar-refractivity contribution in [1.82, 2.24) is 10.2 Å². The van der Waals surface area contributed by atoms with E-state index < -0.39 is 28.5 Å². The first kappa shape index (κ1) is 30.7. The molecule has 3 aromatic carbocycles. The van der Waals surface area contributed by atoms with Gasteiger partial charge in [-0.3, -0.25) is 13.9 Å². The molecule has 1 atom stereocenters. The van der Waals surface area contributed by atoms with Crippen molar-refractivity contribution < 1.29 is 22.7 Å². The van der Waals surface area contributed by atoms with Crippen LogP contribution in [0.1, 0.15) is 37.8 Å². The second kappa shape index (κ2) is 14.5. The maximum Gasteiger partial charge on any atom is 0.264 e. The van der Waals surface area contributed by atoms with Gasteiger partial charge in [0.05, 0.1) is 17.7 Å². The van der Waals surface area contributed by atoms with Gasteiger partial charge < -0.3 is 15.0 Å². The minimum atomic E-state index is -4.12. The molecule has 40 heavy (non-hydrogen) atoms. The average Bonchev–Trinajstić information content (AvgIpc) is 2.97. The van der Waals surface area contributed by atoms with E-state index in [-0.39, 0.29) is 17.3 Å². The van der Waals surface area contributed by atoms with Gasteiger partial charge in [-0.2, -0.15) is 0 Å². The number of anilines is 1. The van der Waals surface area contributed by atoms with E-state index in [9.17, 15) is 18.0 Å². The second-order valence-corrected chi connectivity index (χ2v) is 11.4. The Morgan fingerprint density at radius 3 is 2.15 bits per heavy atom. The Labute approximate surface area is 238 Å². The lowest BCUT2D eigenvalue weighted by Gasteiger charge is -2.33. The van der Waals surface area contributed by atoms with Crippen LogP contribution in [0, 0.1) is 6.92 Å². The summed E-state index contributed by atoms with van der Waals surface area (Å²) in [5.74, 6) is -0.175. The predicted molar refractivity (Wildman–Crippen MR) is 158 cm³/mol. The Hall–Kier alpha value is -3.85. The number of benzene rings is 3. The van der Waals surface area contributed by atoms with E-state index in [2.05, 4.69) is 5.32 Å². The summed E-state index contributed by atoms with van der Waals surface area (Å²) < 4.78 is 34.1. The number of aryl methyl sites for hydroxylation is 1. The smallest absolute Gasteiger partial charge is 0.264 e. The number of sulfonamides is 1. The molecule has 0 aromatic heterocycles. The molecule has 9 heteroatoms. The van der Waals surface area contributed by atoms with Crippen molar-refractivity contribution in [3.05, 3.63) is 90.0 Å². The number of carbonyl (C=O) groups is 2. The largest absolute Gasteiger partial charge is 0.497 e. The molecule has 2 amide bonds. The average molecular weight is 566 g/mol. The SMILES string of the molecule is CCCNC(=O)C(CC)N(CCc1ccccc1)C(=O)CN(c1ccc(C)cc1)S(=O)(=O)c1ccc(OC)cc1. The summed E-state index contributed by atoms with van der Waals surface area (Å²) >= 11 is 0. The lowest BCUT2D eigenvalue weighted by atomic mass is 10.1. The van der Waals surface area contributed by atoms with Gasteiger partial charge in [-0.15, -0.1) is 0 Å². The summed E-state index contributed by atoms with van der Waals surface area (Å²) in [6.45, 7) is 6.03. The molecule has 3 aromatic rings. The highest BCUT2D eigenvalue weighted by Crippen LogP contribution is 2.26. The minimum Gasteiger partial charge on any atom is -0.497 e. The molecule has 1 N–H and O–H groups in total. The lowest BCUT2D eigenvalue weighted by molar-refractivity contribution is -0.139. The van der Waals surface area contributed by atoms with Gasteiger partial charge in [-0.1, -0.05) is 61.9 Å². The van der Waals surface area contributed by atoms with E-state index >= 15 is 0 Å². The summed E-state index contributed by atoms with van der Waals surface area (Å²) in [6, 6.07) is 22.0. The maximum atomic E-state index is 14.0. The van der Waals surface area contributed by atoms with Crippen LogP contribution in [0.4, 0.5) is 5.69 Å². The molecule has 0 fully saturated rings. The van der Waals surface area contributed by atoms with Gasteiger partial charge in [0.1, 0.15) is 18.3 Å². The van der Waals surface area contributed by atoms with E-state index in [1.165, 1.54) is 24.1 Å². The summed E-state index contributed by atoms with van der Waals surface area (Å²) in [7, 11) is -2.62. The fourth-order valence-electron chi connectivity index (χ4n) is 4.38. The van der Waals surface area contributed by atoms with Gasteiger partial charge in [-0.25, -0.2) is 8.42 Å². The number of amides is 2. The van der Waals surface area contributed by atoms with Gasteiger partial charge in [0.25, 0.3) is 10.0 Å². The van der Waals surface area contributed by atoms with Crippen LogP contribution in [0.25, 0.3) is 0 Å². The van der Waals surface area contributed by atoms with Gasteiger partial charge in [0, 0.05) is 13.1 Å². The number of ether oxygens (including phenoxy) is 1. The van der Waals surface area contributed by atoms with E-state index in [0.717, 1.165) is 21.9 Å². The van der Waals surface area contributed by atoms with Crippen molar-refractivity contribution in [2.24, 2.45) is 0 Å². The van der Waals surface area contributed by atoms with Crippen LogP contribution in [0.5, 0.6) is 5.75 Å². The van der Waals surface area contributed by atoms with Crippen LogP contribution in [0.3, 0.4) is 0 Å². The minimum absolute atomic E-state index is 0.0326. The molecule has 1 unspecified atom stereocenters. The number of methoxy groups -OCH3 is 1. The Morgan fingerprint density at radius 2 is 1.57 bits per heavy atom. The third kappa shape index (κ3) is 7.85. The Bertz CT molecular complexity index is 1340. The number of hydrogen-bond acceptors (Lipinski definition) is 5. The molecule has 0 bridgehead atoms. The zero-order valence-electron chi connectivity index (χ0n) is 23.7.